The molecule has 1 N–H and O–H groups in total. The molecule has 7 heteroatoms. The van der Waals surface area contributed by atoms with Crippen molar-refractivity contribution in [1.29, 1.82) is 0 Å². The molecule has 0 saturated carbocycles. The molecule has 1 fully saturated rings. The Balaban J connectivity index is 1.77. The van der Waals surface area contributed by atoms with Crippen LogP contribution >= 0.6 is 15.9 Å². The maximum absolute atomic E-state index is 13.3. The Morgan fingerprint density at radius 1 is 1.07 bits per heavy atom. The largest absolute Gasteiger partial charge is 0.423 e. The van der Waals surface area contributed by atoms with Crippen LogP contribution in [0.4, 0.5) is 4.79 Å². The van der Waals surface area contributed by atoms with Gasteiger partial charge in [0.1, 0.15) is 11.1 Å². The Labute approximate surface area is 175 Å². The molecule has 3 amide bonds. The number of rotatable bonds is 3. The van der Waals surface area contributed by atoms with Crippen molar-refractivity contribution in [3.63, 3.8) is 0 Å². The number of hydrogen-bond donors (Lipinski definition) is 1. The fourth-order valence-electron chi connectivity index (χ4n) is 3.67. The van der Waals surface area contributed by atoms with Crippen LogP contribution in [0.3, 0.4) is 0 Å². The fourth-order valence-corrected chi connectivity index (χ4v) is 4.36. The summed E-state index contributed by atoms with van der Waals surface area (Å²) >= 11 is 3.46. The number of carbonyl (C=O) groups is 2. The highest BCUT2D eigenvalue weighted by Gasteiger charge is 2.49. The third kappa shape index (κ3) is 3.15. The minimum Gasteiger partial charge on any atom is -0.423 e. The number of carbonyl (C=O) groups excluding carboxylic acids is 2. The SMILES string of the molecule is Cc1cc2oc(=O)cc(CN3C(=O)NC(C)(c4ccccc4Br)C3=O)c2cc1C. The van der Waals surface area contributed by atoms with Crippen molar-refractivity contribution in [3.05, 3.63) is 79.6 Å². The van der Waals surface area contributed by atoms with E-state index < -0.39 is 17.2 Å². The number of aryl methyl sites for hydroxylation is 2. The molecule has 148 valence electrons. The average molecular weight is 455 g/mol. The third-order valence-corrected chi connectivity index (χ3v) is 6.15. The van der Waals surface area contributed by atoms with E-state index in [0.717, 1.165) is 20.5 Å². The van der Waals surface area contributed by atoms with Crippen molar-refractivity contribution < 1.29 is 14.0 Å². The molecule has 3 aromatic rings. The van der Waals surface area contributed by atoms with Gasteiger partial charge in [-0.1, -0.05) is 34.1 Å². The zero-order valence-corrected chi connectivity index (χ0v) is 17.8. The van der Waals surface area contributed by atoms with E-state index in [1.54, 1.807) is 19.1 Å². The third-order valence-electron chi connectivity index (χ3n) is 5.46. The first-order chi connectivity index (χ1) is 13.7. The van der Waals surface area contributed by atoms with Gasteiger partial charge in [-0.3, -0.25) is 9.69 Å². The molecule has 1 saturated heterocycles. The summed E-state index contributed by atoms with van der Waals surface area (Å²) in [5.41, 5.74) is 1.99. The van der Waals surface area contributed by atoms with Gasteiger partial charge < -0.3 is 9.73 Å². The van der Waals surface area contributed by atoms with E-state index in [2.05, 4.69) is 21.2 Å². The topological polar surface area (TPSA) is 79.6 Å². The number of nitrogens with one attached hydrogen (secondary N) is 1. The number of imide groups is 1. The summed E-state index contributed by atoms with van der Waals surface area (Å²) in [6, 6.07) is 11.8. The van der Waals surface area contributed by atoms with Crippen LogP contribution < -0.4 is 10.9 Å². The molecule has 6 nitrogen and oxygen atoms in total. The summed E-state index contributed by atoms with van der Waals surface area (Å²) < 4.78 is 6.05. The second kappa shape index (κ2) is 6.84. The quantitative estimate of drug-likeness (QED) is 0.476. The first-order valence-corrected chi connectivity index (χ1v) is 9.93. The second-order valence-corrected chi connectivity index (χ2v) is 8.30. The lowest BCUT2D eigenvalue weighted by Gasteiger charge is -2.23. The summed E-state index contributed by atoms with van der Waals surface area (Å²) in [5, 5.41) is 3.51. The monoisotopic (exact) mass is 454 g/mol. The molecule has 4 rings (SSSR count). The number of fused-ring (bicyclic) bond motifs is 1. The molecule has 2 heterocycles. The molecular weight excluding hydrogens is 436 g/mol. The van der Waals surface area contributed by atoms with Crippen LogP contribution in [0.1, 0.15) is 29.2 Å². The van der Waals surface area contributed by atoms with Gasteiger partial charge >= 0.3 is 11.7 Å². The lowest BCUT2D eigenvalue weighted by molar-refractivity contribution is -0.131. The lowest BCUT2D eigenvalue weighted by Crippen LogP contribution is -2.41. The van der Waals surface area contributed by atoms with Crippen molar-refractivity contribution >= 4 is 38.8 Å². The maximum atomic E-state index is 13.3. The molecule has 1 unspecified atom stereocenters. The predicted molar refractivity (Wildman–Crippen MR) is 113 cm³/mol. The van der Waals surface area contributed by atoms with Crippen LogP contribution in [-0.4, -0.2) is 16.8 Å². The van der Waals surface area contributed by atoms with Crippen LogP contribution in [0, 0.1) is 13.8 Å². The molecule has 1 aromatic heterocycles. The highest BCUT2D eigenvalue weighted by Crippen LogP contribution is 2.34. The molecule has 29 heavy (non-hydrogen) atoms. The van der Waals surface area contributed by atoms with Gasteiger partial charge in [0.25, 0.3) is 5.91 Å². The highest BCUT2D eigenvalue weighted by molar-refractivity contribution is 9.10. The number of benzene rings is 2. The van der Waals surface area contributed by atoms with E-state index in [-0.39, 0.29) is 12.5 Å². The molecule has 0 bridgehead atoms. The van der Waals surface area contributed by atoms with E-state index in [9.17, 15) is 14.4 Å². The van der Waals surface area contributed by atoms with Gasteiger partial charge in [0.05, 0.1) is 6.54 Å². The van der Waals surface area contributed by atoms with Crippen molar-refractivity contribution in [2.45, 2.75) is 32.9 Å². The summed E-state index contributed by atoms with van der Waals surface area (Å²) in [4.78, 5) is 39.2. The van der Waals surface area contributed by atoms with Crippen molar-refractivity contribution in [1.82, 2.24) is 10.2 Å². The van der Waals surface area contributed by atoms with Gasteiger partial charge in [0, 0.05) is 21.5 Å². The van der Waals surface area contributed by atoms with Crippen molar-refractivity contribution in [3.8, 4) is 0 Å². The van der Waals surface area contributed by atoms with E-state index in [0.29, 0.717) is 22.1 Å². The normalized spacial score (nSPS) is 19.1. The molecule has 0 spiro atoms. The molecule has 1 aliphatic heterocycles. The minimum absolute atomic E-state index is 0.0185. The van der Waals surface area contributed by atoms with E-state index in [1.165, 1.54) is 6.07 Å². The molecule has 1 atom stereocenters. The predicted octanol–water partition coefficient (Wildman–Crippen LogP) is 4.14. The van der Waals surface area contributed by atoms with Crippen LogP contribution in [0.15, 0.2) is 56.1 Å². The Bertz CT molecular complexity index is 1230. The first kappa shape index (κ1) is 19.4. The van der Waals surface area contributed by atoms with Crippen LogP contribution in [-0.2, 0) is 16.9 Å². The van der Waals surface area contributed by atoms with Crippen molar-refractivity contribution in [2.24, 2.45) is 0 Å². The maximum Gasteiger partial charge on any atom is 0.336 e. The Hall–Kier alpha value is -2.93. The smallest absolute Gasteiger partial charge is 0.336 e. The van der Waals surface area contributed by atoms with E-state index in [1.807, 2.05) is 38.1 Å². The van der Waals surface area contributed by atoms with Gasteiger partial charge in [-0.25, -0.2) is 9.59 Å². The van der Waals surface area contributed by atoms with E-state index in [4.69, 9.17) is 4.42 Å². The number of urea groups is 1. The van der Waals surface area contributed by atoms with Gasteiger partial charge in [-0.05, 0) is 55.7 Å². The Morgan fingerprint density at radius 3 is 2.48 bits per heavy atom. The summed E-state index contributed by atoms with van der Waals surface area (Å²) in [6.07, 6.45) is 0. The van der Waals surface area contributed by atoms with Gasteiger partial charge in [0.2, 0.25) is 0 Å². The summed E-state index contributed by atoms with van der Waals surface area (Å²) in [6.45, 7) is 5.55. The van der Waals surface area contributed by atoms with Crippen LogP contribution in [0.5, 0.6) is 0 Å². The standard InChI is InChI=1S/C22H19BrN2O4/c1-12-8-15-14(10-19(26)29-18(15)9-13(12)2)11-25-20(27)22(3,24-21(25)28)16-6-4-5-7-17(16)23/h4-10H,11H2,1-3H3,(H,24,28). The molecular formula is C22H19BrN2O4. The summed E-state index contributed by atoms with van der Waals surface area (Å²) in [7, 11) is 0. The van der Waals surface area contributed by atoms with Gasteiger partial charge in [-0.2, -0.15) is 0 Å². The zero-order chi connectivity index (χ0) is 20.9. The summed E-state index contributed by atoms with van der Waals surface area (Å²) in [5.74, 6) is -0.375. The minimum atomic E-state index is -1.20. The Morgan fingerprint density at radius 2 is 1.76 bits per heavy atom. The lowest BCUT2D eigenvalue weighted by atomic mass is 9.92. The van der Waals surface area contributed by atoms with Crippen molar-refractivity contribution in [2.75, 3.05) is 0 Å². The molecule has 0 radical (unpaired) electrons. The Kier molecular flexibility index (Phi) is 4.58. The second-order valence-electron chi connectivity index (χ2n) is 7.45. The number of amides is 3. The van der Waals surface area contributed by atoms with Gasteiger partial charge in [-0.15, -0.1) is 0 Å². The number of halogens is 1. The first-order valence-electron chi connectivity index (χ1n) is 9.14. The van der Waals surface area contributed by atoms with Gasteiger partial charge in [0.15, 0.2) is 0 Å². The molecule has 0 aliphatic carbocycles. The van der Waals surface area contributed by atoms with Crippen LogP contribution in [0.2, 0.25) is 0 Å². The molecule has 1 aliphatic rings. The van der Waals surface area contributed by atoms with Crippen LogP contribution in [0.25, 0.3) is 11.0 Å². The highest BCUT2D eigenvalue weighted by atomic mass is 79.9. The average Bonchev–Trinajstić information content (AvgIpc) is 2.87. The number of hydrogen-bond acceptors (Lipinski definition) is 4. The zero-order valence-electron chi connectivity index (χ0n) is 16.2. The fraction of sp³-hybridized carbons (Fsp3) is 0.227. The number of nitrogens with zero attached hydrogens (tertiary/aromatic N) is 1. The van der Waals surface area contributed by atoms with E-state index >= 15 is 0 Å². The molecule has 2 aromatic carbocycles.